The van der Waals surface area contributed by atoms with Gasteiger partial charge in [0.2, 0.25) is 0 Å². The number of thiazole rings is 1. The van der Waals surface area contributed by atoms with Crippen LogP contribution in [0, 0.1) is 0 Å². The van der Waals surface area contributed by atoms with E-state index in [1.807, 2.05) is 12.5 Å². The molecule has 19 heavy (non-hydrogen) atoms. The van der Waals surface area contributed by atoms with Gasteiger partial charge in [0, 0.05) is 17.3 Å². The van der Waals surface area contributed by atoms with Crippen LogP contribution in [0.5, 0.6) is 0 Å². The van der Waals surface area contributed by atoms with Crippen LogP contribution in [0.15, 0.2) is 17.9 Å². The lowest BCUT2D eigenvalue weighted by Crippen LogP contribution is -2.17. The topological polar surface area (TPSA) is 56.7 Å². The Balaban J connectivity index is 2.26. The third-order valence-corrected chi connectivity index (χ3v) is 4.01. The predicted molar refractivity (Wildman–Crippen MR) is 79.4 cm³/mol. The fourth-order valence-corrected chi connectivity index (χ4v) is 2.98. The quantitative estimate of drug-likeness (QED) is 0.935. The van der Waals surface area contributed by atoms with E-state index in [1.54, 1.807) is 11.3 Å². The first-order valence-electron chi connectivity index (χ1n) is 6.65. The first-order valence-corrected chi connectivity index (χ1v) is 7.53. The Bertz CT molecular complexity index is 536. The van der Waals surface area contributed by atoms with Crippen molar-refractivity contribution in [2.24, 2.45) is 5.73 Å². The lowest BCUT2D eigenvalue weighted by Gasteiger charge is -2.15. The van der Waals surface area contributed by atoms with Gasteiger partial charge in [-0.3, -0.25) is 0 Å². The van der Waals surface area contributed by atoms with Gasteiger partial charge in [-0.25, -0.2) is 9.97 Å². The van der Waals surface area contributed by atoms with Gasteiger partial charge in [0.15, 0.2) is 0 Å². The van der Waals surface area contributed by atoms with Gasteiger partial charge in [0.25, 0.3) is 0 Å². The van der Waals surface area contributed by atoms with E-state index >= 15 is 0 Å². The van der Waals surface area contributed by atoms with Crippen molar-refractivity contribution in [1.29, 1.82) is 0 Å². The minimum Gasteiger partial charge on any atom is -0.333 e. The van der Waals surface area contributed by atoms with E-state index < -0.39 is 0 Å². The van der Waals surface area contributed by atoms with E-state index in [2.05, 4.69) is 42.6 Å². The molecule has 0 aromatic carbocycles. The summed E-state index contributed by atoms with van der Waals surface area (Å²) in [5, 5.41) is 3.07. The predicted octanol–water partition coefficient (Wildman–Crippen LogP) is 3.10. The summed E-state index contributed by atoms with van der Waals surface area (Å²) < 4.78 is 2.11. The highest BCUT2D eigenvalue weighted by Crippen LogP contribution is 2.28. The minimum absolute atomic E-state index is 0.0676. The van der Waals surface area contributed by atoms with Gasteiger partial charge in [0.05, 0.1) is 30.0 Å². The van der Waals surface area contributed by atoms with Crippen LogP contribution >= 0.6 is 11.3 Å². The first-order chi connectivity index (χ1) is 8.93. The molecule has 4 nitrogen and oxygen atoms in total. The number of aryl methyl sites for hydroxylation is 1. The van der Waals surface area contributed by atoms with Gasteiger partial charge in [-0.05, 0) is 6.42 Å². The molecule has 0 aliphatic heterocycles. The van der Waals surface area contributed by atoms with Crippen LogP contribution < -0.4 is 5.73 Å². The average molecular weight is 278 g/mol. The SMILES string of the molecule is CCCn1cncc1C(N)c1nc(C(C)(C)C)cs1. The molecule has 0 bridgehead atoms. The van der Waals surface area contributed by atoms with Gasteiger partial charge in [-0.15, -0.1) is 11.3 Å². The molecule has 2 heterocycles. The fraction of sp³-hybridized carbons (Fsp3) is 0.571. The Hall–Kier alpha value is -1.20. The summed E-state index contributed by atoms with van der Waals surface area (Å²) in [6.07, 6.45) is 4.76. The maximum Gasteiger partial charge on any atom is 0.116 e. The zero-order chi connectivity index (χ0) is 14.0. The molecule has 104 valence electrons. The van der Waals surface area contributed by atoms with Crippen molar-refractivity contribution in [3.63, 3.8) is 0 Å². The van der Waals surface area contributed by atoms with E-state index in [1.165, 1.54) is 0 Å². The number of hydrogen-bond acceptors (Lipinski definition) is 4. The second-order valence-electron chi connectivity index (χ2n) is 5.81. The van der Waals surface area contributed by atoms with Crippen LogP contribution in [0.1, 0.15) is 56.6 Å². The van der Waals surface area contributed by atoms with Crippen molar-refractivity contribution in [3.05, 3.63) is 34.3 Å². The maximum absolute atomic E-state index is 6.34. The number of imidazole rings is 1. The number of nitrogens with two attached hydrogens (primary N) is 1. The summed E-state index contributed by atoms with van der Waals surface area (Å²) in [7, 11) is 0. The maximum atomic E-state index is 6.34. The van der Waals surface area contributed by atoms with Crippen LogP contribution in [0.25, 0.3) is 0 Å². The molecule has 0 amide bonds. The van der Waals surface area contributed by atoms with Gasteiger partial charge >= 0.3 is 0 Å². The molecule has 5 heteroatoms. The summed E-state index contributed by atoms with van der Waals surface area (Å²) in [5.74, 6) is 0. The molecule has 2 N–H and O–H groups in total. The standard InChI is InChI=1S/C14H22N4S/c1-5-6-18-9-16-7-10(18)12(15)13-17-11(8-19-13)14(2,3)4/h7-9,12H,5-6,15H2,1-4H3. The Morgan fingerprint density at radius 3 is 2.74 bits per heavy atom. The summed E-state index contributed by atoms with van der Waals surface area (Å²) in [6.45, 7) is 9.59. The Morgan fingerprint density at radius 1 is 1.42 bits per heavy atom. The smallest absolute Gasteiger partial charge is 0.116 e. The molecular formula is C14H22N4S. The highest BCUT2D eigenvalue weighted by molar-refractivity contribution is 7.09. The zero-order valence-electron chi connectivity index (χ0n) is 12.1. The van der Waals surface area contributed by atoms with Gasteiger partial charge in [-0.1, -0.05) is 27.7 Å². The van der Waals surface area contributed by atoms with Gasteiger partial charge < -0.3 is 10.3 Å². The second kappa shape index (κ2) is 5.43. The molecule has 2 rings (SSSR count). The van der Waals surface area contributed by atoms with Gasteiger partial charge in [0.1, 0.15) is 5.01 Å². The number of hydrogen-bond donors (Lipinski definition) is 1. The molecule has 0 aliphatic rings. The highest BCUT2D eigenvalue weighted by atomic mass is 32.1. The van der Waals surface area contributed by atoms with Gasteiger partial charge in [-0.2, -0.15) is 0 Å². The molecule has 0 fully saturated rings. The molecule has 2 aromatic heterocycles. The molecule has 0 saturated carbocycles. The van der Waals surface area contributed by atoms with E-state index in [4.69, 9.17) is 10.7 Å². The molecule has 2 aromatic rings. The first kappa shape index (κ1) is 14.2. The molecule has 0 radical (unpaired) electrons. The summed E-state index contributed by atoms with van der Waals surface area (Å²) in [4.78, 5) is 8.89. The largest absolute Gasteiger partial charge is 0.333 e. The zero-order valence-corrected chi connectivity index (χ0v) is 12.9. The third kappa shape index (κ3) is 3.04. The Morgan fingerprint density at radius 2 is 2.16 bits per heavy atom. The summed E-state index contributed by atoms with van der Waals surface area (Å²) >= 11 is 1.63. The van der Waals surface area contributed by atoms with E-state index in [9.17, 15) is 0 Å². The van der Waals surface area contributed by atoms with Crippen LogP contribution in [-0.2, 0) is 12.0 Å². The van der Waals surface area contributed by atoms with Crippen LogP contribution in [0.2, 0.25) is 0 Å². The monoisotopic (exact) mass is 278 g/mol. The molecular weight excluding hydrogens is 256 g/mol. The highest BCUT2D eigenvalue weighted by Gasteiger charge is 2.22. The van der Waals surface area contributed by atoms with Crippen molar-refractivity contribution in [3.8, 4) is 0 Å². The van der Waals surface area contributed by atoms with Crippen molar-refractivity contribution in [1.82, 2.24) is 14.5 Å². The molecule has 0 aliphatic carbocycles. The Labute approximate surface area is 118 Å². The number of rotatable bonds is 4. The van der Waals surface area contributed by atoms with Crippen molar-refractivity contribution < 1.29 is 0 Å². The molecule has 1 atom stereocenters. The number of aromatic nitrogens is 3. The van der Waals surface area contributed by atoms with Crippen LogP contribution in [0.4, 0.5) is 0 Å². The fourth-order valence-electron chi connectivity index (χ4n) is 1.92. The van der Waals surface area contributed by atoms with E-state index in [-0.39, 0.29) is 11.5 Å². The Kier molecular flexibility index (Phi) is 4.06. The average Bonchev–Trinajstić information content (AvgIpc) is 2.96. The van der Waals surface area contributed by atoms with Crippen molar-refractivity contribution >= 4 is 11.3 Å². The lowest BCUT2D eigenvalue weighted by atomic mass is 9.93. The molecule has 1 unspecified atom stereocenters. The molecule has 0 spiro atoms. The third-order valence-electron chi connectivity index (χ3n) is 3.08. The molecule has 0 saturated heterocycles. The second-order valence-corrected chi connectivity index (χ2v) is 6.70. The van der Waals surface area contributed by atoms with E-state index in [0.717, 1.165) is 29.4 Å². The minimum atomic E-state index is -0.185. The summed E-state index contributed by atoms with van der Waals surface area (Å²) in [5.41, 5.74) is 8.54. The van der Waals surface area contributed by atoms with Crippen molar-refractivity contribution in [2.75, 3.05) is 0 Å². The number of nitrogens with zero attached hydrogens (tertiary/aromatic N) is 3. The summed E-state index contributed by atoms with van der Waals surface area (Å²) in [6, 6.07) is -0.185. The van der Waals surface area contributed by atoms with E-state index in [0.29, 0.717) is 0 Å². The van der Waals surface area contributed by atoms with Crippen molar-refractivity contribution in [2.45, 2.75) is 52.1 Å². The lowest BCUT2D eigenvalue weighted by molar-refractivity contribution is 0.567. The normalized spacial score (nSPS) is 13.7. The van der Waals surface area contributed by atoms with Crippen LogP contribution in [0.3, 0.4) is 0 Å². The van der Waals surface area contributed by atoms with Crippen LogP contribution in [-0.4, -0.2) is 14.5 Å².